The number of rotatable bonds is 4. The van der Waals surface area contributed by atoms with Gasteiger partial charge >= 0.3 is 0 Å². The molecule has 5 aromatic carbocycles. The molecule has 5 rings (SSSR count). The largest absolute Gasteiger partial charge is 0.507 e. The van der Waals surface area contributed by atoms with Crippen LogP contribution in [0.3, 0.4) is 0 Å². The van der Waals surface area contributed by atoms with Gasteiger partial charge in [0.1, 0.15) is 11.5 Å². The summed E-state index contributed by atoms with van der Waals surface area (Å²) in [5.74, 6) is 0.371. The molecule has 0 radical (unpaired) electrons. The molecule has 0 heterocycles. The van der Waals surface area contributed by atoms with Gasteiger partial charge in [0.25, 0.3) is 0 Å². The number of aromatic hydroxyl groups is 2. The average molecular weight is 863 g/mol. The molecule has 0 aliphatic rings. The first-order chi connectivity index (χ1) is 28.7. The van der Waals surface area contributed by atoms with Crippen molar-refractivity contribution in [2.24, 2.45) is 0 Å². The fourth-order valence-corrected chi connectivity index (χ4v) is 9.17. The van der Waals surface area contributed by atoms with Crippen molar-refractivity contribution in [3.63, 3.8) is 0 Å². The molecule has 0 unspecified atom stereocenters. The Morgan fingerprint density at radius 1 is 0.234 bits per heavy atom. The van der Waals surface area contributed by atoms with E-state index in [4.69, 9.17) is 0 Å². The molecule has 0 saturated heterocycles. The predicted molar refractivity (Wildman–Crippen MR) is 281 cm³/mol. The normalized spacial score (nSPS) is 13.8. The summed E-state index contributed by atoms with van der Waals surface area (Å²) in [6.07, 6.45) is 0. The van der Waals surface area contributed by atoms with E-state index in [0.717, 1.165) is 44.5 Å². The van der Waals surface area contributed by atoms with Crippen LogP contribution in [0.5, 0.6) is 11.5 Å². The van der Waals surface area contributed by atoms with E-state index in [1.807, 2.05) is 0 Å². The van der Waals surface area contributed by atoms with Crippen LogP contribution >= 0.6 is 0 Å². The van der Waals surface area contributed by atoms with Gasteiger partial charge in [0.05, 0.1) is 0 Å². The Balaban J connectivity index is 2.26. The lowest BCUT2D eigenvalue weighted by molar-refractivity contribution is 0.465. The standard InChI is InChI=1S/C62H86O2/c1-55(2,3)37-25-29-41(45(33-37)59(13,14)15)49-50(42-30-26-38(56(4,5)6)34-46(42)60(16,17)18)54(64)52(44-32-28-40(58(10,11)12)36-48(44)62(22,23)24)51(53(49)63)43-31-27-39(57(7,8)9)35-47(43)61(19,20)21/h25-36,63-64H,1-24H3. The van der Waals surface area contributed by atoms with Crippen LogP contribution < -0.4 is 0 Å². The maximum atomic E-state index is 14.0. The first-order valence-electron chi connectivity index (χ1n) is 23.9. The van der Waals surface area contributed by atoms with Gasteiger partial charge in [0.2, 0.25) is 0 Å². The lowest BCUT2D eigenvalue weighted by Gasteiger charge is -2.34. The molecule has 0 aliphatic heterocycles. The van der Waals surface area contributed by atoms with Gasteiger partial charge in [0.15, 0.2) is 0 Å². The first-order valence-corrected chi connectivity index (χ1v) is 23.9. The summed E-state index contributed by atoms with van der Waals surface area (Å²) in [6, 6.07) is 27.2. The summed E-state index contributed by atoms with van der Waals surface area (Å²) in [4.78, 5) is 0. The van der Waals surface area contributed by atoms with Crippen molar-refractivity contribution >= 4 is 0 Å². The number of hydrogen-bond acceptors (Lipinski definition) is 2. The topological polar surface area (TPSA) is 40.5 Å². The third-order valence-corrected chi connectivity index (χ3v) is 13.3. The fraction of sp³-hybridized carbons (Fsp3) is 0.516. The zero-order valence-corrected chi connectivity index (χ0v) is 44.8. The van der Waals surface area contributed by atoms with Crippen molar-refractivity contribution in [2.75, 3.05) is 0 Å². The minimum Gasteiger partial charge on any atom is -0.507 e. The molecule has 0 spiro atoms. The Labute approximate surface area is 391 Å². The fourth-order valence-electron chi connectivity index (χ4n) is 9.17. The van der Waals surface area contributed by atoms with Crippen LogP contribution in [-0.2, 0) is 43.3 Å². The molecule has 2 nitrogen and oxygen atoms in total. The Morgan fingerprint density at radius 2 is 0.391 bits per heavy atom. The second-order valence-corrected chi connectivity index (χ2v) is 27.2. The monoisotopic (exact) mass is 863 g/mol. The summed E-state index contributed by atoms with van der Waals surface area (Å²) in [6.45, 7) is 54.3. The summed E-state index contributed by atoms with van der Waals surface area (Å²) >= 11 is 0. The number of phenols is 2. The quantitative estimate of drug-likeness (QED) is 0.177. The maximum Gasteiger partial charge on any atom is 0.132 e. The van der Waals surface area contributed by atoms with Crippen molar-refractivity contribution in [3.8, 4) is 56.0 Å². The van der Waals surface area contributed by atoms with Crippen LogP contribution in [0.2, 0.25) is 0 Å². The molecule has 2 N–H and O–H groups in total. The van der Waals surface area contributed by atoms with Crippen molar-refractivity contribution in [1.29, 1.82) is 0 Å². The van der Waals surface area contributed by atoms with Crippen molar-refractivity contribution in [3.05, 3.63) is 117 Å². The number of benzene rings is 5. The lowest BCUT2D eigenvalue weighted by atomic mass is 9.70. The molecule has 0 amide bonds. The Morgan fingerprint density at radius 3 is 0.516 bits per heavy atom. The van der Waals surface area contributed by atoms with Crippen LogP contribution in [-0.4, -0.2) is 10.2 Å². The predicted octanol–water partition coefficient (Wildman–Crippen LogP) is 18.1. The van der Waals surface area contributed by atoms with Crippen LogP contribution in [0.4, 0.5) is 0 Å². The molecule has 346 valence electrons. The molecule has 0 atom stereocenters. The van der Waals surface area contributed by atoms with Gasteiger partial charge in [-0.1, -0.05) is 239 Å². The molecule has 0 saturated carbocycles. The van der Waals surface area contributed by atoms with Gasteiger partial charge < -0.3 is 10.2 Å². The van der Waals surface area contributed by atoms with Gasteiger partial charge in [-0.2, -0.15) is 0 Å². The Bertz CT molecular complexity index is 2200. The summed E-state index contributed by atoms with van der Waals surface area (Å²) < 4.78 is 0. The molecule has 0 aliphatic carbocycles. The van der Waals surface area contributed by atoms with Crippen LogP contribution in [0.25, 0.3) is 44.5 Å². The lowest BCUT2D eigenvalue weighted by Crippen LogP contribution is -2.19. The first kappa shape index (κ1) is 50.7. The summed E-state index contributed by atoms with van der Waals surface area (Å²) in [5.41, 5.74) is 14.2. The van der Waals surface area contributed by atoms with Gasteiger partial charge in [0, 0.05) is 22.3 Å². The molecule has 64 heavy (non-hydrogen) atoms. The molecular formula is C62H86O2. The zero-order valence-electron chi connectivity index (χ0n) is 44.8. The van der Waals surface area contributed by atoms with E-state index in [2.05, 4.69) is 239 Å². The van der Waals surface area contributed by atoms with Crippen LogP contribution in [0.1, 0.15) is 211 Å². The van der Waals surface area contributed by atoms with E-state index in [1.54, 1.807) is 0 Å². The van der Waals surface area contributed by atoms with Crippen LogP contribution in [0.15, 0.2) is 72.8 Å². The summed E-state index contributed by atoms with van der Waals surface area (Å²) in [7, 11) is 0. The molecular weight excluding hydrogens is 777 g/mol. The third-order valence-electron chi connectivity index (χ3n) is 13.3. The van der Waals surface area contributed by atoms with E-state index in [-0.39, 0.29) is 54.8 Å². The highest BCUT2D eigenvalue weighted by molar-refractivity contribution is 6.07. The molecule has 5 aromatic rings. The zero-order chi connectivity index (χ0) is 48.9. The van der Waals surface area contributed by atoms with Crippen LogP contribution in [0, 0.1) is 0 Å². The number of hydrogen-bond donors (Lipinski definition) is 2. The highest BCUT2D eigenvalue weighted by atomic mass is 16.3. The number of phenolic OH excluding ortho intramolecular Hbond substituents is 2. The highest BCUT2D eigenvalue weighted by Crippen LogP contribution is 2.60. The van der Waals surface area contributed by atoms with Gasteiger partial charge in [-0.15, -0.1) is 0 Å². The van der Waals surface area contributed by atoms with Crippen molar-refractivity contribution in [1.82, 2.24) is 0 Å². The molecule has 0 aromatic heterocycles. The maximum absolute atomic E-state index is 14.0. The summed E-state index contributed by atoms with van der Waals surface area (Å²) in [5, 5.41) is 28.0. The van der Waals surface area contributed by atoms with E-state index in [0.29, 0.717) is 22.3 Å². The van der Waals surface area contributed by atoms with Crippen molar-refractivity contribution in [2.45, 2.75) is 209 Å². The molecule has 0 fully saturated rings. The van der Waals surface area contributed by atoms with E-state index in [9.17, 15) is 10.2 Å². The average Bonchev–Trinajstić information content (AvgIpc) is 3.11. The second kappa shape index (κ2) is 16.2. The third kappa shape index (κ3) is 10.1. The SMILES string of the molecule is CC(C)(C)c1ccc(-c2c(O)c(-c3ccc(C(C)(C)C)cc3C(C)(C)C)c(-c3ccc(C(C)(C)C)cc3C(C)(C)C)c(O)c2-c2ccc(C(C)(C)C)cc2C(C)(C)C)c(C(C)(C)C)c1. The molecule has 2 heteroatoms. The van der Waals surface area contributed by atoms with Gasteiger partial charge in [-0.3, -0.25) is 0 Å². The minimum absolute atomic E-state index is 0.0955. The Hall–Kier alpha value is -4.30. The Kier molecular flexibility index (Phi) is 12.9. The van der Waals surface area contributed by atoms with E-state index < -0.39 is 0 Å². The van der Waals surface area contributed by atoms with E-state index >= 15 is 0 Å². The smallest absolute Gasteiger partial charge is 0.132 e. The van der Waals surface area contributed by atoms with Gasteiger partial charge in [-0.25, -0.2) is 0 Å². The van der Waals surface area contributed by atoms with E-state index in [1.165, 1.54) is 22.3 Å². The molecule has 0 bridgehead atoms. The van der Waals surface area contributed by atoms with Crippen molar-refractivity contribution < 1.29 is 10.2 Å². The minimum atomic E-state index is -0.301. The van der Waals surface area contributed by atoms with Gasteiger partial charge in [-0.05, 0) is 110 Å². The highest BCUT2D eigenvalue weighted by Gasteiger charge is 2.37. The second-order valence-electron chi connectivity index (χ2n) is 27.2.